The molecule has 0 unspecified atom stereocenters. The van der Waals surface area contributed by atoms with Gasteiger partial charge in [0.2, 0.25) is 0 Å². The maximum absolute atomic E-state index is 12.0. The van der Waals surface area contributed by atoms with E-state index in [0.29, 0.717) is 18.7 Å². The lowest BCUT2D eigenvalue weighted by atomic mass is 10.0. The normalized spacial score (nSPS) is 13.4. The van der Waals surface area contributed by atoms with Gasteiger partial charge in [0.1, 0.15) is 24.2 Å². The molecule has 0 saturated heterocycles. The largest absolute Gasteiger partial charge is 0.491 e. The predicted molar refractivity (Wildman–Crippen MR) is 145 cm³/mol. The van der Waals surface area contributed by atoms with Gasteiger partial charge in [0.05, 0.1) is 5.30 Å². The Balaban J connectivity index is 1.40. The van der Waals surface area contributed by atoms with E-state index in [0.717, 1.165) is 22.0 Å². The molecule has 1 heterocycles. The van der Waals surface area contributed by atoms with Crippen molar-refractivity contribution in [2.45, 2.75) is 32.0 Å². The molecule has 0 aliphatic rings. The highest BCUT2D eigenvalue weighted by atomic mass is 31.2. The number of benzene rings is 3. The van der Waals surface area contributed by atoms with E-state index in [4.69, 9.17) is 4.74 Å². The molecule has 0 aliphatic carbocycles. The van der Waals surface area contributed by atoms with Gasteiger partial charge in [0, 0.05) is 30.0 Å². The minimum atomic E-state index is -4.34. The summed E-state index contributed by atoms with van der Waals surface area (Å²) < 4.78 is 18.7. The zero-order chi connectivity index (χ0) is 27.3. The number of nitrogens with zero attached hydrogens (tertiary/aromatic N) is 1. The zero-order valence-corrected chi connectivity index (χ0v) is 21.8. The van der Waals surface area contributed by atoms with Crippen LogP contribution in [0, 0.1) is 0 Å². The van der Waals surface area contributed by atoms with Crippen LogP contribution in [-0.4, -0.2) is 55.8 Å². The summed E-state index contributed by atoms with van der Waals surface area (Å²) in [4.78, 5) is 30.6. The van der Waals surface area contributed by atoms with E-state index in [2.05, 4.69) is 5.32 Å². The monoisotopic (exact) mass is 538 g/mol. The number of ether oxygens (including phenoxy) is 1. The number of carboxylic acids is 1. The van der Waals surface area contributed by atoms with Crippen LogP contribution in [0.5, 0.6) is 5.75 Å². The van der Waals surface area contributed by atoms with Crippen LogP contribution in [0.4, 0.5) is 0 Å². The standard InChI is InChI=1S/C28H31N2O7P/c1-19(29-16-23(31)18-37-24-5-3-2-4-6-24)13-21-9-12-26-22(14-21)15-27(28(32)33)30(26)17-20-7-10-25(11-8-20)38(34,35)36/h2-12,14-15,19,23,29,31H,13,16-18H2,1H3,(H,32,33)(H2,34,35,36)/t19-,23+/m1/s1. The molecule has 0 aliphatic heterocycles. The van der Waals surface area contributed by atoms with E-state index in [9.17, 15) is 29.4 Å². The number of carbonyl (C=O) groups is 1. The molecule has 0 fully saturated rings. The van der Waals surface area contributed by atoms with Crippen molar-refractivity contribution in [2.75, 3.05) is 13.2 Å². The Kier molecular flexibility index (Phi) is 8.66. The fourth-order valence-corrected chi connectivity index (χ4v) is 4.84. The summed E-state index contributed by atoms with van der Waals surface area (Å²) in [5.74, 6) is -0.352. The van der Waals surface area contributed by atoms with Gasteiger partial charge in [-0.1, -0.05) is 36.4 Å². The Bertz CT molecular complexity index is 1430. The van der Waals surface area contributed by atoms with Crippen molar-refractivity contribution in [3.63, 3.8) is 0 Å². The molecular formula is C28H31N2O7P. The van der Waals surface area contributed by atoms with Gasteiger partial charge in [-0.2, -0.15) is 0 Å². The lowest BCUT2D eigenvalue weighted by Gasteiger charge is -2.18. The van der Waals surface area contributed by atoms with Crippen LogP contribution in [-0.2, 0) is 17.5 Å². The third-order valence-electron chi connectivity index (χ3n) is 6.23. The van der Waals surface area contributed by atoms with Crippen LogP contribution < -0.4 is 15.4 Å². The Morgan fingerprint density at radius 1 is 1.00 bits per heavy atom. The highest BCUT2D eigenvalue weighted by Crippen LogP contribution is 2.33. The quantitative estimate of drug-likeness (QED) is 0.173. The molecule has 0 amide bonds. The first-order valence-electron chi connectivity index (χ1n) is 12.2. The Morgan fingerprint density at radius 2 is 1.68 bits per heavy atom. The van der Waals surface area contributed by atoms with Crippen molar-refractivity contribution in [3.05, 3.63) is 95.7 Å². The molecule has 4 aromatic rings. The van der Waals surface area contributed by atoms with E-state index in [1.54, 1.807) is 22.8 Å². The number of aromatic nitrogens is 1. The van der Waals surface area contributed by atoms with Crippen LogP contribution in [0.1, 0.15) is 28.5 Å². The summed E-state index contributed by atoms with van der Waals surface area (Å²) in [6, 6.07) is 22.7. The minimum Gasteiger partial charge on any atom is -0.491 e. The van der Waals surface area contributed by atoms with Gasteiger partial charge in [0.15, 0.2) is 0 Å². The maximum atomic E-state index is 12.0. The molecule has 10 heteroatoms. The van der Waals surface area contributed by atoms with Crippen molar-refractivity contribution >= 4 is 29.8 Å². The van der Waals surface area contributed by atoms with Crippen LogP contribution in [0.25, 0.3) is 10.9 Å². The smallest absolute Gasteiger partial charge is 0.356 e. The topological polar surface area (TPSA) is 141 Å². The van der Waals surface area contributed by atoms with Gasteiger partial charge < -0.3 is 34.6 Å². The summed E-state index contributed by atoms with van der Waals surface area (Å²) >= 11 is 0. The molecular weight excluding hydrogens is 507 g/mol. The lowest BCUT2D eigenvalue weighted by molar-refractivity contribution is 0.0686. The van der Waals surface area contributed by atoms with Crippen molar-refractivity contribution in [1.82, 2.24) is 9.88 Å². The zero-order valence-electron chi connectivity index (χ0n) is 20.9. The van der Waals surface area contributed by atoms with E-state index >= 15 is 0 Å². The molecule has 1 aromatic heterocycles. The predicted octanol–water partition coefficient (Wildman–Crippen LogP) is 3.15. The number of para-hydroxylation sites is 1. The Hall–Kier alpha value is -3.46. The first-order valence-corrected chi connectivity index (χ1v) is 13.8. The number of hydrogen-bond donors (Lipinski definition) is 5. The Morgan fingerprint density at radius 3 is 2.34 bits per heavy atom. The second kappa shape index (κ2) is 11.9. The first-order chi connectivity index (χ1) is 18.1. The number of hydrogen-bond acceptors (Lipinski definition) is 5. The van der Waals surface area contributed by atoms with Gasteiger partial charge in [-0.15, -0.1) is 0 Å². The number of aliphatic hydroxyl groups excluding tert-OH is 1. The third-order valence-corrected chi connectivity index (χ3v) is 7.20. The number of rotatable bonds is 12. The minimum absolute atomic E-state index is 0.0624. The average molecular weight is 539 g/mol. The highest BCUT2D eigenvalue weighted by Gasteiger charge is 2.18. The Labute approximate surface area is 220 Å². The summed E-state index contributed by atoms with van der Waals surface area (Å²) in [6.45, 7) is 2.82. The van der Waals surface area contributed by atoms with Crippen LogP contribution in [0.3, 0.4) is 0 Å². The van der Waals surface area contributed by atoms with Crippen LogP contribution >= 0.6 is 7.60 Å². The lowest BCUT2D eigenvalue weighted by Crippen LogP contribution is -2.37. The molecule has 4 rings (SSSR count). The van der Waals surface area contributed by atoms with Crippen molar-refractivity contribution in [3.8, 4) is 5.75 Å². The molecule has 0 spiro atoms. The molecule has 38 heavy (non-hydrogen) atoms. The fraction of sp³-hybridized carbons (Fsp3) is 0.250. The fourth-order valence-electron chi connectivity index (χ4n) is 4.30. The number of carboxylic acid groups (broad SMARTS) is 1. The second-order valence-corrected chi connectivity index (χ2v) is 10.9. The van der Waals surface area contributed by atoms with Crippen LogP contribution in [0.15, 0.2) is 78.9 Å². The summed E-state index contributed by atoms with van der Waals surface area (Å²) in [5, 5.41) is 24.0. The van der Waals surface area contributed by atoms with E-state index in [1.165, 1.54) is 12.1 Å². The molecule has 2 atom stereocenters. The molecule has 3 aromatic carbocycles. The third kappa shape index (κ3) is 7.10. The van der Waals surface area contributed by atoms with E-state index in [1.807, 2.05) is 55.5 Å². The van der Waals surface area contributed by atoms with Gasteiger partial charge >= 0.3 is 13.6 Å². The SMILES string of the molecule is C[C@H](Cc1ccc2c(c1)cc(C(=O)O)n2Cc1ccc(P(=O)(O)O)cc1)NC[C@H](O)COc1ccccc1. The molecule has 0 bridgehead atoms. The second-order valence-electron chi connectivity index (χ2n) is 9.32. The summed E-state index contributed by atoms with van der Waals surface area (Å²) in [6.07, 6.45) is 0.0163. The average Bonchev–Trinajstić information content (AvgIpc) is 3.24. The van der Waals surface area contributed by atoms with Crippen molar-refractivity contribution in [1.29, 1.82) is 0 Å². The van der Waals surface area contributed by atoms with Gasteiger partial charge in [-0.05, 0) is 66.9 Å². The molecule has 200 valence electrons. The number of aromatic carboxylic acids is 1. The number of aliphatic hydroxyl groups is 1. The van der Waals surface area contributed by atoms with Gasteiger partial charge in [0.25, 0.3) is 0 Å². The van der Waals surface area contributed by atoms with Gasteiger partial charge in [-0.3, -0.25) is 4.57 Å². The molecule has 0 radical (unpaired) electrons. The highest BCUT2D eigenvalue weighted by molar-refractivity contribution is 7.60. The van der Waals surface area contributed by atoms with Crippen molar-refractivity contribution < 1.29 is 34.1 Å². The van der Waals surface area contributed by atoms with E-state index < -0.39 is 19.7 Å². The van der Waals surface area contributed by atoms with E-state index in [-0.39, 0.29) is 30.2 Å². The van der Waals surface area contributed by atoms with Gasteiger partial charge in [-0.25, -0.2) is 4.79 Å². The molecule has 5 N–H and O–H groups in total. The maximum Gasteiger partial charge on any atom is 0.356 e. The molecule has 9 nitrogen and oxygen atoms in total. The van der Waals surface area contributed by atoms with Crippen molar-refractivity contribution in [2.24, 2.45) is 0 Å². The number of fused-ring (bicyclic) bond motifs is 1. The molecule has 0 saturated carbocycles. The number of nitrogens with one attached hydrogen (secondary N) is 1. The summed E-state index contributed by atoms with van der Waals surface area (Å²) in [7, 11) is -4.34. The first kappa shape index (κ1) is 27.6. The van der Waals surface area contributed by atoms with Crippen LogP contribution in [0.2, 0.25) is 0 Å². The summed E-state index contributed by atoms with van der Waals surface area (Å²) in [5.41, 5.74) is 2.62.